The first kappa shape index (κ1) is 21.9. The molecule has 0 aliphatic heterocycles. The van der Waals surface area contributed by atoms with Gasteiger partial charge in [-0.1, -0.05) is 62.3 Å². The van der Waals surface area contributed by atoms with Crippen molar-refractivity contribution in [3.05, 3.63) is 53.1 Å². The Morgan fingerprint density at radius 3 is 2.52 bits per heavy atom. The number of aromatic carboxylic acids is 1. The number of hydrogen-bond acceptors (Lipinski definition) is 2. The quantitative estimate of drug-likeness (QED) is 0.548. The van der Waals surface area contributed by atoms with Crippen LogP contribution in [0.15, 0.2) is 42.0 Å². The Labute approximate surface area is 185 Å². The maximum absolute atomic E-state index is 12.2. The van der Waals surface area contributed by atoms with Crippen molar-refractivity contribution in [2.45, 2.75) is 65.7 Å². The van der Waals surface area contributed by atoms with Crippen LogP contribution in [0, 0.1) is 28.1 Å². The minimum Gasteiger partial charge on any atom is -0.481 e. The van der Waals surface area contributed by atoms with Crippen LogP contribution in [0.1, 0.15) is 81.6 Å². The van der Waals surface area contributed by atoms with E-state index in [-0.39, 0.29) is 16.7 Å². The van der Waals surface area contributed by atoms with E-state index in [1.165, 1.54) is 5.57 Å². The van der Waals surface area contributed by atoms with Gasteiger partial charge >= 0.3 is 11.9 Å². The number of aliphatic carboxylic acids is 1. The first-order chi connectivity index (χ1) is 14.6. The molecule has 0 bridgehead atoms. The van der Waals surface area contributed by atoms with Crippen molar-refractivity contribution in [3.63, 3.8) is 0 Å². The van der Waals surface area contributed by atoms with E-state index in [4.69, 9.17) is 0 Å². The fraction of sp³-hybridized carbons (Fsp3) is 0.556. The number of fused-ring (bicyclic) bond motifs is 3. The summed E-state index contributed by atoms with van der Waals surface area (Å²) in [5, 5.41) is 19.5. The van der Waals surface area contributed by atoms with Crippen LogP contribution in [0.25, 0.3) is 6.08 Å². The van der Waals surface area contributed by atoms with Gasteiger partial charge in [-0.3, -0.25) is 4.79 Å². The molecule has 3 aliphatic rings. The topological polar surface area (TPSA) is 74.6 Å². The van der Waals surface area contributed by atoms with Crippen LogP contribution in [-0.2, 0) is 4.79 Å². The lowest BCUT2D eigenvalue weighted by Gasteiger charge is -2.58. The molecule has 0 saturated heterocycles. The van der Waals surface area contributed by atoms with E-state index in [9.17, 15) is 19.8 Å². The highest BCUT2D eigenvalue weighted by molar-refractivity contribution is 5.92. The van der Waals surface area contributed by atoms with Gasteiger partial charge < -0.3 is 10.2 Å². The highest BCUT2D eigenvalue weighted by atomic mass is 16.4. The zero-order valence-electron chi connectivity index (χ0n) is 18.9. The normalized spacial score (nSPS) is 37.6. The van der Waals surface area contributed by atoms with Crippen molar-refractivity contribution in [1.82, 2.24) is 0 Å². The van der Waals surface area contributed by atoms with Crippen LogP contribution in [0.4, 0.5) is 0 Å². The highest BCUT2D eigenvalue weighted by Crippen LogP contribution is 2.63. The molecule has 0 amide bonds. The van der Waals surface area contributed by atoms with Crippen LogP contribution in [-0.4, -0.2) is 22.2 Å². The van der Waals surface area contributed by atoms with E-state index in [0.29, 0.717) is 11.5 Å². The average molecular weight is 423 g/mol. The lowest BCUT2D eigenvalue weighted by molar-refractivity contribution is -0.163. The first-order valence-corrected chi connectivity index (χ1v) is 11.5. The van der Waals surface area contributed by atoms with Gasteiger partial charge in [-0.25, -0.2) is 4.79 Å². The van der Waals surface area contributed by atoms with E-state index in [1.54, 1.807) is 12.1 Å². The van der Waals surface area contributed by atoms with Crippen molar-refractivity contribution < 1.29 is 19.8 Å². The van der Waals surface area contributed by atoms with E-state index in [2.05, 4.69) is 26.0 Å². The fourth-order valence-electron chi connectivity index (χ4n) is 6.96. The lowest BCUT2D eigenvalue weighted by atomic mass is 9.45. The third-order valence-electron chi connectivity index (χ3n) is 8.79. The summed E-state index contributed by atoms with van der Waals surface area (Å²) in [5.74, 6) is -0.886. The summed E-state index contributed by atoms with van der Waals surface area (Å²) in [6.45, 7) is 6.57. The first-order valence-electron chi connectivity index (χ1n) is 11.5. The molecular weight excluding hydrogens is 388 g/mol. The summed E-state index contributed by atoms with van der Waals surface area (Å²) < 4.78 is 0. The molecule has 0 aromatic heterocycles. The molecule has 0 heterocycles. The minimum absolute atomic E-state index is 0.0120. The molecule has 1 aromatic carbocycles. The molecule has 2 fully saturated rings. The van der Waals surface area contributed by atoms with Gasteiger partial charge in [0.15, 0.2) is 0 Å². The Balaban J connectivity index is 1.59. The maximum Gasteiger partial charge on any atom is 0.336 e. The van der Waals surface area contributed by atoms with E-state index >= 15 is 0 Å². The van der Waals surface area contributed by atoms with Gasteiger partial charge in [0, 0.05) is 0 Å². The predicted molar refractivity (Wildman–Crippen MR) is 122 cm³/mol. The number of rotatable bonds is 4. The highest BCUT2D eigenvalue weighted by Gasteiger charge is 2.58. The molecule has 4 heteroatoms. The fourth-order valence-corrected chi connectivity index (χ4v) is 6.96. The second-order valence-corrected chi connectivity index (χ2v) is 10.8. The summed E-state index contributed by atoms with van der Waals surface area (Å²) in [6, 6.07) is 7.13. The Kier molecular flexibility index (Phi) is 5.39. The number of carboxylic acids is 2. The van der Waals surface area contributed by atoms with Crippen molar-refractivity contribution in [2.75, 3.05) is 0 Å². The maximum atomic E-state index is 12.2. The Bertz CT molecular complexity index is 960. The minimum atomic E-state index is -0.901. The molecule has 0 radical (unpaired) electrons. The van der Waals surface area contributed by atoms with Gasteiger partial charge in [0.1, 0.15) is 0 Å². The molecule has 2 saturated carbocycles. The number of carboxylic acid groups (broad SMARTS) is 2. The largest absolute Gasteiger partial charge is 0.481 e. The molecule has 2 N–H and O–H groups in total. The SMILES string of the molecule is C[C@]1(/C=C/c2ccccc2C(=O)O)CC[C@H]2C(=CC[C@@H]3[C@]2(C)CCC[C@@]3(C)C(=O)O)C1. The summed E-state index contributed by atoms with van der Waals surface area (Å²) >= 11 is 0. The summed E-state index contributed by atoms with van der Waals surface area (Å²) in [6.07, 6.45) is 13.3. The monoisotopic (exact) mass is 422 g/mol. The van der Waals surface area contributed by atoms with Crippen LogP contribution in [0.3, 0.4) is 0 Å². The second-order valence-electron chi connectivity index (χ2n) is 10.8. The second kappa shape index (κ2) is 7.65. The molecule has 3 aliphatic carbocycles. The van der Waals surface area contributed by atoms with E-state index in [1.807, 2.05) is 25.1 Å². The summed E-state index contributed by atoms with van der Waals surface area (Å²) in [5.41, 5.74) is 1.97. The number of benzene rings is 1. The van der Waals surface area contributed by atoms with Gasteiger partial charge in [0.25, 0.3) is 0 Å². The third kappa shape index (κ3) is 3.64. The van der Waals surface area contributed by atoms with Gasteiger partial charge in [-0.2, -0.15) is 0 Å². The molecule has 0 spiro atoms. The number of allylic oxidation sites excluding steroid dienone is 3. The van der Waals surface area contributed by atoms with Crippen molar-refractivity contribution in [2.24, 2.45) is 28.1 Å². The Morgan fingerprint density at radius 2 is 1.81 bits per heavy atom. The Morgan fingerprint density at radius 1 is 1.06 bits per heavy atom. The summed E-state index contributed by atoms with van der Waals surface area (Å²) in [4.78, 5) is 23.7. The average Bonchev–Trinajstić information content (AvgIpc) is 2.72. The van der Waals surface area contributed by atoms with Gasteiger partial charge in [-0.05, 0) is 79.7 Å². The van der Waals surface area contributed by atoms with Gasteiger partial charge in [0.05, 0.1) is 11.0 Å². The van der Waals surface area contributed by atoms with E-state index < -0.39 is 17.4 Å². The van der Waals surface area contributed by atoms with Gasteiger partial charge in [0.2, 0.25) is 0 Å². The smallest absolute Gasteiger partial charge is 0.336 e. The molecule has 166 valence electrons. The van der Waals surface area contributed by atoms with E-state index in [0.717, 1.165) is 50.5 Å². The molecular formula is C27H34O4. The zero-order valence-corrected chi connectivity index (χ0v) is 18.9. The van der Waals surface area contributed by atoms with Crippen LogP contribution in [0.5, 0.6) is 0 Å². The molecule has 4 nitrogen and oxygen atoms in total. The third-order valence-corrected chi connectivity index (χ3v) is 8.79. The zero-order chi connectivity index (χ0) is 22.4. The van der Waals surface area contributed by atoms with Crippen LogP contribution < -0.4 is 0 Å². The summed E-state index contributed by atoms with van der Waals surface area (Å²) in [7, 11) is 0. The molecule has 1 aromatic rings. The molecule has 31 heavy (non-hydrogen) atoms. The van der Waals surface area contributed by atoms with Crippen molar-refractivity contribution in [1.29, 1.82) is 0 Å². The van der Waals surface area contributed by atoms with Crippen molar-refractivity contribution in [3.8, 4) is 0 Å². The molecule has 0 unspecified atom stereocenters. The molecule has 4 rings (SSSR count). The van der Waals surface area contributed by atoms with Crippen LogP contribution >= 0.6 is 0 Å². The van der Waals surface area contributed by atoms with Crippen LogP contribution in [0.2, 0.25) is 0 Å². The molecule has 5 atom stereocenters. The predicted octanol–water partition coefficient (Wildman–Crippen LogP) is 6.43. The number of hydrogen-bond donors (Lipinski definition) is 2. The van der Waals surface area contributed by atoms with Gasteiger partial charge in [-0.15, -0.1) is 0 Å². The Hall–Kier alpha value is -2.36. The number of carbonyl (C=O) groups is 2. The van der Waals surface area contributed by atoms with Crippen molar-refractivity contribution >= 4 is 18.0 Å². The lowest BCUT2D eigenvalue weighted by Crippen LogP contribution is -2.53. The standard InChI is InChI=1S/C27H34O4/c1-25(15-11-18-7-4-5-8-20(18)23(28)29)16-12-21-19(17-25)9-10-22-26(21,2)13-6-14-27(22,3)24(30)31/h4-5,7-9,11,15,21-22H,6,10,12-14,16-17H2,1-3H3,(H,28,29)(H,30,31)/b15-11+/t21-,22+,25-,26+,27+/m0/s1.